The van der Waals surface area contributed by atoms with Crippen molar-refractivity contribution in [1.82, 2.24) is 4.90 Å². The molecule has 0 bridgehead atoms. The second-order valence-corrected chi connectivity index (χ2v) is 7.90. The molecule has 1 saturated heterocycles. The fourth-order valence-electron chi connectivity index (χ4n) is 3.30. The minimum absolute atomic E-state index is 0.0433. The van der Waals surface area contributed by atoms with E-state index in [1.54, 1.807) is 7.11 Å². The quantitative estimate of drug-likeness (QED) is 0.877. The van der Waals surface area contributed by atoms with Crippen LogP contribution in [0.4, 0.5) is 16.2 Å². The first-order valence-electron chi connectivity index (χ1n) is 9.43. The predicted molar refractivity (Wildman–Crippen MR) is 111 cm³/mol. The Labute approximate surface area is 161 Å². The molecular formula is C22H29N3O2. The summed E-state index contributed by atoms with van der Waals surface area (Å²) in [5.74, 6) is 0.870. The lowest BCUT2D eigenvalue weighted by molar-refractivity contribution is 0.208. The molecule has 3 rings (SSSR count). The summed E-state index contributed by atoms with van der Waals surface area (Å²) in [6.07, 6.45) is 0. The van der Waals surface area contributed by atoms with Crippen molar-refractivity contribution < 1.29 is 9.53 Å². The summed E-state index contributed by atoms with van der Waals surface area (Å²) in [6.45, 7) is 9.49. The van der Waals surface area contributed by atoms with Gasteiger partial charge in [0.25, 0.3) is 0 Å². The number of nitrogens with one attached hydrogen (secondary N) is 1. The third-order valence-corrected chi connectivity index (χ3v) is 4.99. The maximum Gasteiger partial charge on any atom is 0.321 e. The molecular weight excluding hydrogens is 338 g/mol. The van der Waals surface area contributed by atoms with Crippen LogP contribution in [0.25, 0.3) is 0 Å². The number of amides is 2. The van der Waals surface area contributed by atoms with Gasteiger partial charge in [-0.1, -0.05) is 45.0 Å². The fourth-order valence-corrected chi connectivity index (χ4v) is 3.30. The molecule has 144 valence electrons. The molecule has 0 unspecified atom stereocenters. The van der Waals surface area contributed by atoms with Gasteiger partial charge in [0.05, 0.1) is 12.8 Å². The van der Waals surface area contributed by atoms with Crippen molar-refractivity contribution in [2.45, 2.75) is 26.2 Å². The van der Waals surface area contributed by atoms with Gasteiger partial charge in [-0.2, -0.15) is 0 Å². The number of methoxy groups -OCH3 is 1. The summed E-state index contributed by atoms with van der Waals surface area (Å²) in [4.78, 5) is 16.7. The molecule has 0 aliphatic carbocycles. The molecule has 0 saturated carbocycles. The molecule has 1 fully saturated rings. The van der Waals surface area contributed by atoms with Gasteiger partial charge in [-0.05, 0) is 35.2 Å². The summed E-state index contributed by atoms with van der Waals surface area (Å²) >= 11 is 0. The molecule has 5 heteroatoms. The number of benzene rings is 2. The zero-order valence-corrected chi connectivity index (χ0v) is 16.7. The molecule has 1 heterocycles. The fraction of sp³-hybridized carbons (Fsp3) is 0.409. The van der Waals surface area contributed by atoms with Gasteiger partial charge in [-0.3, -0.25) is 0 Å². The number of hydrogen-bond acceptors (Lipinski definition) is 3. The van der Waals surface area contributed by atoms with Crippen LogP contribution in [0.2, 0.25) is 0 Å². The number of urea groups is 1. The molecule has 2 amide bonds. The largest absolute Gasteiger partial charge is 0.495 e. The Morgan fingerprint density at radius 2 is 1.59 bits per heavy atom. The maximum atomic E-state index is 12.6. The standard InChI is InChI=1S/C22H29N3O2/c1-22(2,3)17-9-11-18(12-10-17)23-21(26)25-15-13-24(14-16-25)19-7-5-6-8-20(19)27-4/h5-12H,13-16H2,1-4H3,(H,23,26). The molecule has 0 aromatic heterocycles. The van der Waals surface area contributed by atoms with Gasteiger partial charge in [0.2, 0.25) is 0 Å². The van der Waals surface area contributed by atoms with Crippen molar-refractivity contribution in [3.8, 4) is 5.75 Å². The number of nitrogens with zero attached hydrogens (tertiary/aromatic N) is 2. The maximum absolute atomic E-state index is 12.6. The number of rotatable bonds is 3. The smallest absolute Gasteiger partial charge is 0.321 e. The minimum atomic E-state index is -0.0433. The number of anilines is 2. The highest BCUT2D eigenvalue weighted by Gasteiger charge is 2.23. The number of hydrogen-bond donors (Lipinski definition) is 1. The van der Waals surface area contributed by atoms with Crippen LogP contribution in [-0.2, 0) is 5.41 Å². The predicted octanol–water partition coefficient (Wildman–Crippen LogP) is 4.35. The van der Waals surface area contributed by atoms with Crippen LogP contribution >= 0.6 is 0 Å². The van der Waals surface area contributed by atoms with Gasteiger partial charge < -0.3 is 19.9 Å². The van der Waals surface area contributed by atoms with Crippen molar-refractivity contribution >= 4 is 17.4 Å². The third kappa shape index (κ3) is 4.54. The SMILES string of the molecule is COc1ccccc1N1CCN(C(=O)Nc2ccc(C(C)(C)C)cc2)CC1. The van der Waals surface area contributed by atoms with E-state index in [1.807, 2.05) is 35.2 Å². The van der Waals surface area contributed by atoms with Crippen molar-refractivity contribution in [1.29, 1.82) is 0 Å². The first kappa shape index (κ1) is 19.1. The number of ether oxygens (including phenoxy) is 1. The van der Waals surface area contributed by atoms with E-state index >= 15 is 0 Å². The highest BCUT2D eigenvalue weighted by Crippen LogP contribution is 2.28. The summed E-state index contributed by atoms with van der Waals surface area (Å²) in [5, 5.41) is 3.01. The Balaban J connectivity index is 1.57. The first-order valence-corrected chi connectivity index (χ1v) is 9.43. The monoisotopic (exact) mass is 367 g/mol. The highest BCUT2D eigenvalue weighted by molar-refractivity contribution is 5.89. The van der Waals surface area contributed by atoms with Crippen LogP contribution in [0.15, 0.2) is 48.5 Å². The van der Waals surface area contributed by atoms with Crippen molar-refractivity contribution in [2.75, 3.05) is 43.5 Å². The molecule has 1 aliphatic rings. The van der Waals surface area contributed by atoms with E-state index in [0.717, 1.165) is 30.2 Å². The molecule has 2 aromatic rings. The van der Waals surface area contributed by atoms with Crippen molar-refractivity contribution in [2.24, 2.45) is 0 Å². The molecule has 0 atom stereocenters. The van der Waals surface area contributed by atoms with Gasteiger partial charge in [0, 0.05) is 31.9 Å². The number of piperazine rings is 1. The summed E-state index contributed by atoms with van der Waals surface area (Å²) in [5.41, 5.74) is 3.28. The molecule has 1 aliphatic heterocycles. The zero-order valence-electron chi connectivity index (χ0n) is 16.7. The van der Waals surface area contributed by atoms with Crippen LogP contribution in [0.3, 0.4) is 0 Å². The van der Waals surface area contributed by atoms with Gasteiger partial charge >= 0.3 is 6.03 Å². The van der Waals surface area contributed by atoms with E-state index in [0.29, 0.717) is 13.1 Å². The minimum Gasteiger partial charge on any atom is -0.495 e. The third-order valence-electron chi connectivity index (χ3n) is 4.99. The lowest BCUT2D eigenvalue weighted by Crippen LogP contribution is -2.50. The highest BCUT2D eigenvalue weighted by atomic mass is 16.5. The van der Waals surface area contributed by atoms with E-state index in [4.69, 9.17) is 4.74 Å². The van der Waals surface area contributed by atoms with Gasteiger partial charge in [-0.25, -0.2) is 4.79 Å². The topological polar surface area (TPSA) is 44.8 Å². The van der Waals surface area contributed by atoms with Crippen LogP contribution in [0.5, 0.6) is 5.75 Å². The van der Waals surface area contributed by atoms with Crippen LogP contribution < -0.4 is 15.0 Å². The summed E-state index contributed by atoms with van der Waals surface area (Å²) < 4.78 is 5.45. The number of carbonyl (C=O) groups is 1. The Morgan fingerprint density at radius 3 is 2.19 bits per heavy atom. The molecule has 2 aromatic carbocycles. The van der Waals surface area contributed by atoms with Crippen LogP contribution in [0.1, 0.15) is 26.3 Å². The second kappa shape index (κ2) is 7.91. The average molecular weight is 367 g/mol. The van der Waals surface area contributed by atoms with Gasteiger partial charge in [0.15, 0.2) is 0 Å². The molecule has 0 spiro atoms. The summed E-state index contributed by atoms with van der Waals surface area (Å²) in [6, 6.07) is 16.1. The first-order chi connectivity index (χ1) is 12.9. The molecule has 27 heavy (non-hydrogen) atoms. The van der Waals surface area contributed by atoms with Crippen molar-refractivity contribution in [3.63, 3.8) is 0 Å². The van der Waals surface area contributed by atoms with Crippen molar-refractivity contribution in [3.05, 3.63) is 54.1 Å². The Hall–Kier alpha value is -2.69. The Kier molecular flexibility index (Phi) is 5.59. The normalized spacial score (nSPS) is 14.8. The molecule has 1 N–H and O–H groups in total. The van der Waals surface area contributed by atoms with Crippen LogP contribution in [0, 0.1) is 0 Å². The molecule has 5 nitrogen and oxygen atoms in total. The van der Waals surface area contributed by atoms with Gasteiger partial charge in [-0.15, -0.1) is 0 Å². The zero-order chi connectivity index (χ0) is 19.4. The van der Waals surface area contributed by atoms with E-state index in [2.05, 4.69) is 49.2 Å². The second-order valence-electron chi connectivity index (χ2n) is 7.90. The van der Waals surface area contributed by atoms with E-state index in [-0.39, 0.29) is 11.4 Å². The van der Waals surface area contributed by atoms with Crippen LogP contribution in [-0.4, -0.2) is 44.2 Å². The lowest BCUT2D eigenvalue weighted by Gasteiger charge is -2.36. The lowest BCUT2D eigenvalue weighted by atomic mass is 9.87. The number of carbonyl (C=O) groups excluding carboxylic acids is 1. The van der Waals surface area contributed by atoms with Gasteiger partial charge in [0.1, 0.15) is 5.75 Å². The summed E-state index contributed by atoms with van der Waals surface area (Å²) in [7, 11) is 1.69. The van der Waals surface area contributed by atoms with E-state index in [9.17, 15) is 4.79 Å². The number of para-hydroxylation sites is 2. The molecule has 0 radical (unpaired) electrons. The Morgan fingerprint density at radius 1 is 0.963 bits per heavy atom. The Bertz CT molecular complexity index is 773. The van der Waals surface area contributed by atoms with E-state index < -0.39 is 0 Å². The van der Waals surface area contributed by atoms with E-state index in [1.165, 1.54) is 5.56 Å². The average Bonchev–Trinajstić information content (AvgIpc) is 2.68.